The lowest BCUT2D eigenvalue weighted by molar-refractivity contribution is 0.902. The molecule has 0 fully saturated rings. The number of rotatable bonds is 3. The largest absolute Gasteiger partial charge is 0.325 e. The zero-order valence-electron chi connectivity index (χ0n) is 11.5. The molecule has 0 saturated heterocycles. The van der Waals surface area contributed by atoms with Crippen molar-refractivity contribution in [1.82, 2.24) is 9.38 Å². The molecule has 2 aromatic heterocycles. The standard InChI is InChI=1S/C15H16BrN3S/c1-3-12-9(2)20-15-18-14(13(8-17)19(12)15)10-4-6-11(16)7-5-10/h4-7H,3,8,17H2,1-2H3. The summed E-state index contributed by atoms with van der Waals surface area (Å²) in [4.78, 5) is 7.16. The van der Waals surface area contributed by atoms with Crippen LogP contribution in [0.2, 0.25) is 0 Å². The van der Waals surface area contributed by atoms with E-state index in [2.05, 4.69) is 46.3 Å². The van der Waals surface area contributed by atoms with Gasteiger partial charge in [-0.25, -0.2) is 4.98 Å². The van der Waals surface area contributed by atoms with E-state index in [1.54, 1.807) is 11.3 Å². The molecule has 0 saturated carbocycles. The van der Waals surface area contributed by atoms with E-state index in [1.165, 1.54) is 10.6 Å². The van der Waals surface area contributed by atoms with E-state index in [-0.39, 0.29) is 0 Å². The fraction of sp³-hybridized carbons (Fsp3) is 0.267. The summed E-state index contributed by atoms with van der Waals surface area (Å²) in [7, 11) is 0. The van der Waals surface area contributed by atoms with Gasteiger partial charge in [-0.2, -0.15) is 0 Å². The van der Waals surface area contributed by atoms with Crippen LogP contribution in [0.25, 0.3) is 16.2 Å². The molecule has 20 heavy (non-hydrogen) atoms. The highest BCUT2D eigenvalue weighted by Gasteiger charge is 2.18. The number of fused-ring (bicyclic) bond motifs is 1. The number of nitrogens with zero attached hydrogens (tertiary/aromatic N) is 2. The molecule has 0 spiro atoms. The molecular formula is C15H16BrN3S. The average molecular weight is 350 g/mol. The third-order valence-corrected chi connectivity index (χ3v) is 5.04. The maximum Gasteiger partial charge on any atom is 0.194 e. The summed E-state index contributed by atoms with van der Waals surface area (Å²) in [5.41, 5.74) is 10.5. The minimum Gasteiger partial charge on any atom is -0.325 e. The lowest BCUT2D eigenvalue weighted by Gasteiger charge is -2.05. The number of halogens is 1. The molecule has 5 heteroatoms. The Morgan fingerprint density at radius 3 is 2.55 bits per heavy atom. The summed E-state index contributed by atoms with van der Waals surface area (Å²) in [6.45, 7) is 4.82. The maximum absolute atomic E-state index is 6.00. The Hall–Kier alpha value is -1.17. The first kappa shape index (κ1) is 13.8. The van der Waals surface area contributed by atoms with Crippen LogP contribution in [0, 0.1) is 6.92 Å². The zero-order chi connectivity index (χ0) is 14.3. The monoisotopic (exact) mass is 349 g/mol. The van der Waals surface area contributed by atoms with Crippen LogP contribution >= 0.6 is 27.3 Å². The Bertz CT molecular complexity index is 756. The number of hydrogen-bond donors (Lipinski definition) is 1. The summed E-state index contributed by atoms with van der Waals surface area (Å²) in [6, 6.07) is 8.23. The van der Waals surface area contributed by atoms with Gasteiger partial charge in [0.05, 0.1) is 11.4 Å². The SMILES string of the molecule is CCc1c(C)sc2nc(-c3ccc(Br)cc3)c(CN)n12. The van der Waals surface area contributed by atoms with Gasteiger partial charge in [-0.3, -0.25) is 4.40 Å². The molecule has 0 bridgehead atoms. The molecule has 0 aliphatic rings. The van der Waals surface area contributed by atoms with Gasteiger partial charge < -0.3 is 5.73 Å². The van der Waals surface area contributed by atoms with Gasteiger partial charge >= 0.3 is 0 Å². The minimum absolute atomic E-state index is 0.496. The van der Waals surface area contributed by atoms with Crippen molar-refractivity contribution < 1.29 is 0 Å². The molecule has 0 aliphatic heterocycles. The smallest absolute Gasteiger partial charge is 0.194 e. The first-order valence-corrected chi connectivity index (χ1v) is 8.22. The third kappa shape index (κ3) is 2.10. The van der Waals surface area contributed by atoms with Crippen LogP contribution < -0.4 is 5.73 Å². The van der Waals surface area contributed by atoms with Crippen LogP contribution in [0.1, 0.15) is 23.2 Å². The van der Waals surface area contributed by atoms with Crippen molar-refractivity contribution in [2.24, 2.45) is 5.73 Å². The highest BCUT2D eigenvalue weighted by atomic mass is 79.9. The Morgan fingerprint density at radius 1 is 1.25 bits per heavy atom. The van der Waals surface area contributed by atoms with Crippen molar-refractivity contribution in [3.63, 3.8) is 0 Å². The third-order valence-electron chi connectivity index (χ3n) is 3.51. The van der Waals surface area contributed by atoms with Crippen molar-refractivity contribution in [3.8, 4) is 11.3 Å². The van der Waals surface area contributed by atoms with E-state index in [1.807, 2.05) is 12.1 Å². The number of thiazole rings is 1. The summed E-state index contributed by atoms with van der Waals surface area (Å²) in [6.07, 6.45) is 0.995. The number of benzene rings is 1. The van der Waals surface area contributed by atoms with Crippen molar-refractivity contribution >= 4 is 32.2 Å². The summed E-state index contributed by atoms with van der Waals surface area (Å²) in [5, 5.41) is 0. The second-order valence-corrected chi connectivity index (χ2v) is 6.79. The molecule has 104 valence electrons. The molecule has 3 rings (SSSR count). The highest BCUT2D eigenvalue weighted by molar-refractivity contribution is 9.10. The highest BCUT2D eigenvalue weighted by Crippen LogP contribution is 2.31. The lowest BCUT2D eigenvalue weighted by Crippen LogP contribution is -2.04. The van der Waals surface area contributed by atoms with Gasteiger partial charge in [0.25, 0.3) is 0 Å². The second kappa shape index (κ2) is 5.31. The van der Waals surface area contributed by atoms with Crippen LogP contribution in [0.3, 0.4) is 0 Å². The molecule has 3 nitrogen and oxygen atoms in total. The molecule has 0 amide bonds. The lowest BCUT2D eigenvalue weighted by atomic mass is 10.1. The predicted molar refractivity (Wildman–Crippen MR) is 88.2 cm³/mol. The van der Waals surface area contributed by atoms with Gasteiger partial charge in [0, 0.05) is 27.2 Å². The topological polar surface area (TPSA) is 43.3 Å². The molecular weight excluding hydrogens is 334 g/mol. The first-order valence-electron chi connectivity index (χ1n) is 6.61. The number of nitrogens with two attached hydrogens (primary N) is 1. The van der Waals surface area contributed by atoms with E-state index in [4.69, 9.17) is 10.7 Å². The molecule has 2 N–H and O–H groups in total. The van der Waals surface area contributed by atoms with Crippen molar-refractivity contribution in [3.05, 3.63) is 45.0 Å². The molecule has 0 aliphatic carbocycles. The van der Waals surface area contributed by atoms with E-state index in [9.17, 15) is 0 Å². The van der Waals surface area contributed by atoms with Gasteiger partial charge in [-0.1, -0.05) is 35.0 Å². The quantitative estimate of drug-likeness (QED) is 0.771. The summed E-state index contributed by atoms with van der Waals surface area (Å²) >= 11 is 5.20. The number of aromatic nitrogens is 2. The van der Waals surface area contributed by atoms with E-state index >= 15 is 0 Å². The first-order chi connectivity index (χ1) is 9.65. The van der Waals surface area contributed by atoms with Crippen LogP contribution in [-0.2, 0) is 13.0 Å². The molecule has 0 unspecified atom stereocenters. The number of hydrogen-bond acceptors (Lipinski definition) is 3. The normalized spacial score (nSPS) is 11.4. The molecule has 2 heterocycles. The Morgan fingerprint density at radius 2 is 1.95 bits per heavy atom. The van der Waals surface area contributed by atoms with E-state index < -0.39 is 0 Å². The average Bonchev–Trinajstić information content (AvgIpc) is 2.93. The Labute approximate surface area is 130 Å². The molecule has 0 atom stereocenters. The minimum atomic E-state index is 0.496. The molecule has 3 aromatic rings. The van der Waals surface area contributed by atoms with Crippen molar-refractivity contribution in [2.75, 3.05) is 0 Å². The second-order valence-electron chi connectivity index (χ2n) is 4.69. The zero-order valence-corrected chi connectivity index (χ0v) is 13.9. The Balaban J connectivity index is 2.26. The van der Waals surface area contributed by atoms with Crippen LogP contribution in [-0.4, -0.2) is 9.38 Å². The Kier molecular flexibility index (Phi) is 3.67. The molecule has 1 aromatic carbocycles. The van der Waals surface area contributed by atoms with Gasteiger partial charge in [0.1, 0.15) is 0 Å². The number of imidazole rings is 1. The van der Waals surface area contributed by atoms with Crippen LogP contribution in [0.5, 0.6) is 0 Å². The predicted octanol–water partition coefficient (Wildman–Crippen LogP) is 4.15. The molecule has 0 radical (unpaired) electrons. The summed E-state index contributed by atoms with van der Waals surface area (Å²) < 4.78 is 3.30. The van der Waals surface area contributed by atoms with Gasteiger partial charge in [0.15, 0.2) is 4.96 Å². The van der Waals surface area contributed by atoms with E-state index in [0.29, 0.717) is 6.54 Å². The summed E-state index contributed by atoms with van der Waals surface area (Å²) in [5.74, 6) is 0. The van der Waals surface area contributed by atoms with Gasteiger partial charge in [-0.05, 0) is 25.5 Å². The van der Waals surface area contributed by atoms with Crippen molar-refractivity contribution in [2.45, 2.75) is 26.8 Å². The fourth-order valence-corrected chi connectivity index (χ4v) is 3.91. The van der Waals surface area contributed by atoms with Crippen LogP contribution in [0.15, 0.2) is 28.7 Å². The van der Waals surface area contributed by atoms with Gasteiger partial charge in [-0.15, -0.1) is 11.3 Å². The maximum atomic E-state index is 6.00. The van der Waals surface area contributed by atoms with E-state index in [0.717, 1.165) is 32.8 Å². The fourth-order valence-electron chi connectivity index (χ4n) is 2.57. The van der Waals surface area contributed by atoms with Gasteiger partial charge in [0.2, 0.25) is 0 Å². The number of aryl methyl sites for hydroxylation is 2. The van der Waals surface area contributed by atoms with Crippen molar-refractivity contribution in [1.29, 1.82) is 0 Å². The van der Waals surface area contributed by atoms with Crippen LogP contribution in [0.4, 0.5) is 0 Å².